The molecule has 0 saturated heterocycles. The number of hydrogen-bond acceptors (Lipinski definition) is 5. The molecule has 1 aromatic heterocycles. The van der Waals surface area contributed by atoms with Crippen LogP contribution in [-0.2, 0) is 0 Å². The molecule has 0 aliphatic heterocycles. The third-order valence-corrected chi connectivity index (χ3v) is 6.50. The molecule has 3 aliphatic rings. The largest absolute Gasteiger partial charge is 0.382 e. The lowest BCUT2D eigenvalue weighted by atomic mass is 10.0. The number of nitrogens with zero attached hydrogens (tertiary/aromatic N) is 2. The van der Waals surface area contributed by atoms with Crippen molar-refractivity contribution < 1.29 is 4.79 Å². The molecule has 5 nitrogen and oxygen atoms in total. The van der Waals surface area contributed by atoms with E-state index in [2.05, 4.69) is 10.3 Å². The Kier molecular flexibility index (Phi) is 2.55. The van der Waals surface area contributed by atoms with E-state index in [0.717, 1.165) is 28.8 Å². The number of fused-ring (bicyclic) bond motifs is 5. The van der Waals surface area contributed by atoms with Crippen molar-refractivity contribution in [3.05, 3.63) is 4.88 Å². The van der Waals surface area contributed by atoms with Crippen molar-refractivity contribution in [1.29, 1.82) is 0 Å². The number of thiazole rings is 1. The van der Waals surface area contributed by atoms with Gasteiger partial charge in [0.05, 0.1) is 0 Å². The maximum atomic E-state index is 12.4. The summed E-state index contributed by atoms with van der Waals surface area (Å²) >= 11 is 1.37. The third kappa shape index (κ3) is 1.67. The summed E-state index contributed by atoms with van der Waals surface area (Å²) in [7, 11) is 3.81. The molecule has 1 amide bonds. The van der Waals surface area contributed by atoms with Crippen LogP contribution in [0.4, 0.5) is 10.9 Å². The van der Waals surface area contributed by atoms with Crippen LogP contribution in [0.5, 0.6) is 0 Å². The molecule has 3 N–H and O–H groups in total. The van der Waals surface area contributed by atoms with E-state index in [9.17, 15) is 4.79 Å². The van der Waals surface area contributed by atoms with E-state index in [0.29, 0.717) is 16.7 Å². The molecular formula is C14H20N4OS. The number of carbonyl (C=O) groups is 1. The monoisotopic (exact) mass is 292 g/mol. The van der Waals surface area contributed by atoms with Gasteiger partial charge in [-0.2, -0.15) is 0 Å². The van der Waals surface area contributed by atoms with Crippen LogP contribution in [0.1, 0.15) is 28.9 Å². The molecule has 3 fully saturated rings. The first-order valence-corrected chi connectivity index (χ1v) is 8.12. The van der Waals surface area contributed by atoms with Crippen LogP contribution in [-0.4, -0.2) is 31.0 Å². The van der Waals surface area contributed by atoms with Crippen LogP contribution in [0.3, 0.4) is 0 Å². The molecule has 3 aliphatic carbocycles. The minimum atomic E-state index is -0.0353. The standard InChI is InChI=1S/C14H20N4OS/c1-18(2)14-17-12(15)11(20-14)13(19)16-10-8-6-3-4-7(5-6)9(8)10/h6-10H,3-5,15H2,1-2H3,(H,16,19). The van der Waals surface area contributed by atoms with Crippen LogP contribution in [0, 0.1) is 23.7 Å². The van der Waals surface area contributed by atoms with Gasteiger partial charge in [-0.05, 0) is 42.9 Å². The van der Waals surface area contributed by atoms with Crippen molar-refractivity contribution in [3.8, 4) is 0 Å². The van der Waals surface area contributed by atoms with Gasteiger partial charge < -0.3 is 16.0 Å². The Morgan fingerprint density at radius 1 is 1.35 bits per heavy atom. The number of aromatic nitrogens is 1. The second-order valence-corrected chi connectivity index (χ2v) is 7.57. The lowest BCUT2D eigenvalue weighted by molar-refractivity contribution is 0.0949. The van der Waals surface area contributed by atoms with Gasteiger partial charge in [0.25, 0.3) is 5.91 Å². The van der Waals surface area contributed by atoms with Crippen molar-refractivity contribution in [2.75, 3.05) is 24.7 Å². The number of anilines is 2. The highest BCUT2D eigenvalue weighted by Crippen LogP contribution is 2.65. The van der Waals surface area contributed by atoms with Crippen molar-refractivity contribution in [2.24, 2.45) is 23.7 Å². The number of nitrogens with two attached hydrogens (primary N) is 1. The van der Waals surface area contributed by atoms with Gasteiger partial charge in [0, 0.05) is 20.1 Å². The van der Waals surface area contributed by atoms with Gasteiger partial charge in [-0.25, -0.2) is 4.98 Å². The fraction of sp³-hybridized carbons (Fsp3) is 0.714. The summed E-state index contributed by atoms with van der Waals surface area (Å²) in [5, 5.41) is 3.98. The van der Waals surface area contributed by atoms with Crippen molar-refractivity contribution in [3.63, 3.8) is 0 Å². The molecule has 3 saturated carbocycles. The third-order valence-electron chi connectivity index (χ3n) is 5.26. The van der Waals surface area contributed by atoms with Gasteiger partial charge in [0.1, 0.15) is 10.7 Å². The van der Waals surface area contributed by atoms with Gasteiger partial charge in [-0.3, -0.25) is 4.79 Å². The summed E-state index contributed by atoms with van der Waals surface area (Å²) in [6.07, 6.45) is 4.13. The van der Waals surface area contributed by atoms with Crippen LogP contribution < -0.4 is 16.0 Å². The number of nitrogen functional groups attached to an aromatic ring is 1. The van der Waals surface area contributed by atoms with E-state index in [4.69, 9.17) is 5.73 Å². The average molecular weight is 292 g/mol. The van der Waals surface area contributed by atoms with E-state index in [1.165, 1.54) is 30.6 Å². The topological polar surface area (TPSA) is 71.2 Å². The zero-order valence-corrected chi connectivity index (χ0v) is 12.6. The highest BCUT2D eigenvalue weighted by molar-refractivity contribution is 7.18. The lowest BCUT2D eigenvalue weighted by Gasteiger charge is -2.10. The molecule has 1 aromatic rings. The molecule has 4 unspecified atom stereocenters. The molecule has 1 heterocycles. The maximum Gasteiger partial charge on any atom is 0.265 e. The van der Waals surface area contributed by atoms with Crippen LogP contribution in [0.25, 0.3) is 0 Å². The molecule has 0 spiro atoms. The quantitative estimate of drug-likeness (QED) is 0.887. The minimum absolute atomic E-state index is 0.0353. The average Bonchev–Trinajstić information content (AvgIpc) is 2.81. The van der Waals surface area contributed by atoms with Gasteiger partial charge in [-0.1, -0.05) is 11.3 Å². The van der Waals surface area contributed by atoms with Crippen molar-refractivity contribution in [1.82, 2.24) is 10.3 Å². The molecule has 0 aromatic carbocycles. The highest BCUT2D eigenvalue weighted by Gasteiger charge is 2.65. The Morgan fingerprint density at radius 2 is 2.00 bits per heavy atom. The van der Waals surface area contributed by atoms with Crippen LogP contribution in [0.2, 0.25) is 0 Å². The van der Waals surface area contributed by atoms with Crippen LogP contribution >= 0.6 is 11.3 Å². The summed E-state index contributed by atoms with van der Waals surface area (Å²) in [4.78, 5) is 19.1. The molecular weight excluding hydrogens is 272 g/mol. The minimum Gasteiger partial charge on any atom is -0.382 e. The maximum absolute atomic E-state index is 12.4. The van der Waals surface area contributed by atoms with Gasteiger partial charge in [-0.15, -0.1) is 0 Å². The summed E-state index contributed by atoms with van der Waals surface area (Å²) < 4.78 is 0. The highest BCUT2D eigenvalue weighted by atomic mass is 32.1. The zero-order valence-electron chi connectivity index (χ0n) is 11.8. The Labute approximate surface area is 122 Å². The second kappa shape index (κ2) is 4.10. The first-order chi connectivity index (χ1) is 9.56. The fourth-order valence-electron chi connectivity index (χ4n) is 4.41. The Balaban J connectivity index is 1.47. The Hall–Kier alpha value is -1.30. The van der Waals surface area contributed by atoms with E-state index in [1.807, 2.05) is 19.0 Å². The summed E-state index contributed by atoms with van der Waals surface area (Å²) in [5.74, 6) is 3.55. The molecule has 108 valence electrons. The van der Waals surface area contributed by atoms with Gasteiger partial charge >= 0.3 is 0 Å². The Bertz CT molecular complexity index is 554. The molecule has 6 heteroatoms. The number of rotatable bonds is 3. The van der Waals surface area contributed by atoms with E-state index >= 15 is 0 Å². The van der Waals surface area contributed by atoms with E-state index < -0.39 is 0 Å². The Morgan fingerprint density at radius 3 is 2.55 bits per heavy atom. The van der Waals surface area contributed by atoms with Gasteiger partial charge in [0.15, 0.2) is 5.13 Å². The predicted octanol–water partition coefficient (Wildman–Crippen LogP) is 1.57. The summed E-state index contributed by atoms with van der Waals surface area (Å²) in [5.41, 5.74) is 5.87. The van der Waals surface area contributed by atoms with E-state index in [-0.39, 0.29) is 5.91 Å². The molecule has 0 radical (unpaired) electrons. The van der Waals surface area contributed by atoms with E-state index in [1.54, 1.807) is 0 Å². The molecule has 4 atom stereocenters. The first kappa shape index (κ1) is 12.4. The van der Waals surface area contributed by atoms with Crippen molar-refractivity contribution >= 4 is 28.2 Å². The number of hydrogen-bond donors (Lipinski definition) is 2. The predicted molar refractivity (Wildman–Crippen MR) is 79.9 cm³/mol. The lowest BCUT2D eigenvalue weighted by Crippen LogP contribution is -2.29. The summed E-state index contributed by atoms with van der Waals surface area (Å²) in [6, 6.07) is 0.401. The van der Waals surface area contributed by atoms with Crippen LogP contribution in [0.15, 0.2) is 0 Å². The number of amides is 1. The molecule has 4 rings (SSSR count). The molecule has 2 bridgehead atoms. The van der Waals surface area contributed by atoms with Crippen molar-refractivity contribution in [2.45, 2.75) is 25.3 Å². The van der Waals surface area contributed by atoms with Gasteiger partial charge in [0.2, 0.25) is 0 Å². The first-order valence-electron chi connectivity index (χ1n) is 7.30. The number of carbonyl (C=O) groups excluding carboxylic acids is 1. The SMILES string of the molecule is CN(C)c1nc(N)c(C(=O)NC2C3C4CCC(C4)C23)s1. The fourth-order valence-corrected chi connectivity index (χ4v) is 5.22. The number of nitrogens with one attached hydrogen (secondary N) is 1. The zero-order chi connectivity index (χ0) is 14.0. The smallest absolute Gasteiger partial charge is 0.265 e. The second-order valence-electron chi connectivity index (χ2n) is 6.59. The molecule has 20 heavy (non-hydrogen) atoms. The normalized spacial score (nSPS) is 36.8. The summed E-state index contributed by atoms with van der Waals surface area (Å²) in [6.45, 7) is 0.